The molecule has 2 heterocycles. The molecule has 18 heavy (non-hydrogen) atoms. The standard InChI is InChI=1S/C14H12ClN3/c15-14-4-3-12(9-18-14)17-8-10-1-2-11-5-6-16-13(11)7-10/h1-7,9,16-17H,8H2. The minimum absolute atomic E-state index is 0.508. The van der Waals surface area contributed by atoms with E-state index in [0.717, 1.165) is 17.7 Å². The van der Waals surface area contributed by atoms with Gasteiger partial charge in [0.05, 0.1) is 11.9 Å². The number of halogens is 1. The Morgan fingerprint density at radius 2 is 2.11 bits per heavy atom. The number of rotatable bonds is 3. The number of nitrogens with one attached hydrogen (secondary N) is 2. The van der Waals surface area contributed by atoms with Crippen LogP contribution in [0.2, 0.25) is 5.15 Å². The maximum absolute atomic E-state index is 5.74. The number of anilines is 1. The van der Waals surface area contributed by atoms with Crippen LogP contribution in [0, 0.1) is 0 Å². The molecule has 1 aromatic carbocycles. The Balaban J connectivity index is 1.74. The number of benzene rings is 1. The van der Waals surface area contributed by atoms with Crippen LogP contribution in [0.5, 0.6) is 0 Å². The van der Waals surface area contributed by atoms with Crippen LogP contribution >= 0.6 is 11.6 Å². The van der Waals surface area contributed by atoms with E-state index < -0.39 is 0 Å². The van der Waals surface area contributed by atoms with Gasteiger partial charge in [-0.1, -0.05) is 23.7 Å². The third-order valence-electron chi connectivity index (χ3n) is 2.84. The van der Waals surface area contributed by atoms with Gasteiger partial charge in [0.2, 0.25) is 0 Å². The van der Waals surface area contributed by atoms with Gasteiger partial charge in [0, 0.05) is 18.3 Å². The average molecular weight is 258 g/mol. The van der Waals surface area contributed by atoms with Crippen LogP contribution < -0.4 is 5.32 Å². The number of H-pyrrole nitrogens is 1. The Labute approximate surface area is 110 Å². The molecule has 0 fully saturated rings. The van der Waals surface area contributed by atoms with Crippen molar-refractivity contribution in [2.45, 2.75) is 6.54 Å². The monoisotopic (exact) mass is 257 g/mol. The number of hydrogen-bond acceptors (Lipinski definition) is 2. The normalized spacial score (nSPS) is 10.7. The largest absolute Gasteiger partial charge is 0.380 e. The number of aromatic nitrogens is 2. The van der Waals surface area contributed by atoms with Gasteiger partial charge in [0.1, 0.15) is 5.15 Å². The van der Waals surface area contributed by atoms with Crippen molar-refractivity contribution in [3.8, 4) is 0 Å². The summed E-state index contributed by atoms with van der Waals surface area (Å²) in [7, 11) is 0. The second-order valence-corrected chi connectivity index (χ2v) is 4.51. The Hall–Kier alpha value is -2.00. The van der Waals surface area contributed by atoms with Gasteiger partial charge in [0.25, 0.3) is 0 Å². The molecule has 0 spiro atoms. The van der Waals surface area contributed by atoms with Crippen molar-refractivity contribution in [2.75, 3.05) is 5.32 Å². The molecule has 0 amide bonds. The lowest BCUT2D eigenvalue weighted by Gasteiger charge is -2.06. The van der Waals surface area contributed by atoms with Crippen molar-refractivity contribution in [1.82, 2.24) is 9.97 Å². The number of hydrogen-bond donors (Lipinski definition) is 2. The molecule has 0 saturated heterocycles. The van der Waals surface area contributed by atoms with E-state index in [4.69, 9.17) is 11.6 Å². The highest BCUT2D eigenvalue weighted by Crippen LogP contribution is 2.16. The first-order valence-electron chi connectivity index (χ1n) is 5.73. The van der Waals surface area contributed by atoms with Gasteiger partial charge in [-0.15, -0.1) is 0 Å². The second kappa shape index (κ2) is 4.70. The van der Waals surface area contributed by atoms with E-state index in [-0.39, 0.29) is 0 Å². The fourth-order valence-electron chi connectivity index (χ4n) is 1.89. The fourth-order valence-corrected chi connectivity index (χ4v) is 2.00. The Kier molecular flexibility index (Phi) is 2.90. The van der Waals surface area contributed by atoms with E-state index in [1.807, 2.05) is 12.3 Å². The van der Waals surface area contributed by atoms with Crippen molar-refractivity contribution < 1.29 is 0 Å². The van der Waals surface area contributed by atoms with Gasteiger partial charge in [-0.3, -0.25) is 0 Å². The highest BCUT2D eigenvalue weighted by Gasteiger charge is 1.98. The molecule has 3 nitrogen and oxygen atoms in total. The van der Waals surface area contributed by atoms with E-state index >= 15 is 0 Å². The van der Waals surface area contributed by atoms with Gasteiger partial charge in [-0.05, 0) is 35.2 Å². The molecule has 90 valence electrons. The molecule has 0 bridgehead atoms. The molecule has 0 atom stereocenters. The molecule has 0 saturated carbocycles. The van der Waals surface area contributed by atoms with E-state index in [0.29, 0.717) is 5.15 Å². The van der Waals surface area contributed by atoms with Crippen LogP contribution in [0.3, 0.4) is 0 Å². The zero-order valence-electron chi connectivity index (χ0n) is 9.65. The maximum atomic E-state index is 5.74. The predicted octanol–water partition coefficient (Wildman–Crippen LogP) is 3.83. The van der Waals surface area contributed by atoms with Gasteiger partial charge in [-0.2, -0.15) is 0 Å². The Morgan fingerprint density at radius 1 is 1.17 bits per heavy atom. The third-order valence-corrected chi connectivity index (χ3v) is 3.07. The lowest BCUT2D eigenvalue weighted by atomic mass is 10.1. The first kappa shape index (κ1) is 11.1. The number of fused-ring (bicyclic) bond motifs is 1. The summed E-state index contributed by atoms with van der Waals surface area (Å²) < 4.78 is 0. The molecule has 0 aliphatic heterocycles. The summed E-state index contributed by atoms with van der Waals surface area (Å²) in [5.41, 5.74) is 3.34. The van der Waals surface area contributed by atoms with Crippen LogP contribution in [0.15, 0.2) is 48.8 Å². The maximum Gasteiger partial charge on any atom is 0.129 e. The summed E-state index contributed by atoms with van der Waals surface area (Å²) in [5, 5.41) is 5.05. The lowest BCUT2D eigenvalue weighted by molar-refractivity contribution is 1.14. The fraction of sp³-hybridized carbons (Fsp3) is 0.0714. The lowest BCUT2D eigenvalue weighted by Crippen LogP contribution is -1.99. The summed E-state index contributed by atoms with van der Waals surface area (Å²) in [6.07, 6.45) is 3.68. The summed E-state index contributed by atoms with van der Waals surface area (Å²) in [5.74, 6) is 0. The van der Waals surface area contributed by atoms with E-state index in [2.05, 4.69) is 39.6 Å². The summed E-state index contributed by atoms with van der Waals surface area (Å²) in [4.78, 5) is 7.24. The van der Waals surface area contributed by atoms with E-state index in [9.17, 15) is 0 Å². The zero-order valence-corrected chi connectivity index (χ0v) is 10.4. The Morgan fingerprint density at radius 3 is 2.94 bits per heavy atom. The third kappa shape index (κ3) is 2.31. The minimum Gasteiger partial charge on any atom is -0.380 e. The predicted molar refractivity (Wildman–Crippen MR) is 74.9 cm³/mol. The number of nitrogens with zero attached hydrogens (tertiary/aromatic N) is 1. The highest BCUT2D eigenvalue weighted by molar-refractivity contribution is 6.29. The molecule has 0 unspecified atom stereocenters. The molecular formula is C14H12ClN3. The molecule has 0 radical (unpaired) electrons. The van der Waals surface area contributed by atoms with Gasteiger partial charge in [0.15, 0.2) is 0 Å². The molecule has 4 heteroatoms. The molecule has 0 aliphatic carbocycles. The van der Waals surface area contributed by atoms with Crippen LogP contribution in [0.4, 0.5) is 5.69 Å². The van der Waals surface area contributed by atoms with Crippen molar-refractivity contribution >= 4 is 28.2 Å². The molecular weight excluding hydrogens is 246 g/mol. The van der Waals surface area contributed by atoms with Crippen molar-refractivity contribution in [3.63, 3.8) is 0 Å². The van der Waals surface area contributed by atoms with Gasteiger partial charge in [-0.25, -0.2) is 4.98 Å². The number of pyridine rings is 1. The molecule has 3 rings (SSSR count). The average Bonchev–Trinajstić information content (AvgIpc) is 2.85. The van der Waals surface area contributed by atoms with Gasteiger partial charge < -0.3 is 10.3 Å². The quantitative estimate of drug-likeness (QED) is 0.700. The van der Waals surface area contributed by atoms with Crippen molar-refractivity contribution in [1.29, 1.82) is 0 Å². The van der Waals surface area contributed by atoms with E-state index in [1.165, 1.54) is 10.9 Å². The Bertz CT molecular complexity index is 658. The first-order chi connectivity index (χ1) is 8.81. The van der Waals surface area contributed by atoms with Gasteiger partial charge >= 0.3 is 0 Å². The topological polar surface area (TPSA) is 40.7 Å². The number of aromatic amines is 1. The molecule has 0 aliphatic rings. The highest BCUT2D eigenvalue weighted by atomic mass is 35.5. The van der Waals surface area contributed by atoms with Crippen molar-refractivity contribution in [2.24, 2.45) is 0 Å². The van der Waals surface area contributed by atoms with Crippen LogP contribution in [-0.2, 0) is 6.54 Å². The van der Waals surface area contributed by atoms with Crippen LogP contribution in [0.25, 0.3) is 10.9 Å². The smallest absolute Gasteiger partial charge is 0.129 e. The second-order valence-electron chi connectivity index (χ2n) is 4.12. The van der Waals surface area contributed by atoms with Crippen LogP contribution in [0.1, 0.15) is 5.56 Å². The minimum atomic E-state index is 0.508. The SMILES string of the molecule is Clc1ccc(NCc2ccc3cc[nH]c3c2)cn1. The molecule has 2 aromatic heterocycles. The molecule has 3 aromatic rings. The van der Waals surface area contributed by atoms with Crippen LogP contribution in [-0.4, -0.2) is 9.97 Å². The molecule has 2 N–H and O–H groups in total. The van der Waals surface area contributed by atoms with E-state index in [1.54, 1.807) is 12.3 Å². The first-order valence-corrected chi connectivity index (χ1v) is 6.10. The summed E-state index contributed by atoms with van der Waals surface area (Å²) in [6, 6.07) is 12.1. The summed E-state index contributed by atoms with van der Waals surface area (Å²) in [6.45, 7) is 0.762. The van der Waals surface area contributed by atoms with Crippen molar-refractivity contribution in [3.05, 3.63) is 59.5 Å². The zero-order chi connectivity index (χ0) is 12.4. The summed E-state index contributed by atoms with van der Waals surface area (Å²) >= 11 is 5.74.